The summed E-state index contributed by atoms with van der Waals surface area (Å²) >= 11 is 0. The van der Waals surface area contributed by atoms with Crippen LogP contribution in [-0.2, 0) is 0 Å². The molecule has 0 radical (unpaired) electrons. The Morgan fingerprint density at radius 1 is 0.571 bits per heavy atom. The molecular weight excluding hydrogens is 342 g/mol. The van der Waals surface area contributed by atoms with Gasteiger partial charge >= 0.3 is 0 Å². The van der Waals surface area contributed by atoms with Gasteiger partial charge in [0.05, 0.1) is 28.4 Å². The SMILES string of the molecule is c1ccc(-c2nc3cnc4c(ccc5cccnc54)c3c3ccccc23)cc1. The summed E-state index contributed by atoms with van der Waals surface area (Å²) < 4.78 is 0. The van der Waals surface area contributed by atoms with Crippen molar-refractivity contribution in [3.05, 3.63) is 91.3 Å². The predicted octanol–water partition coefficient (Wildman–Crippen LogP) is 6.15. The van der Waals surface area contributed by atoms with E-state index >= 15 is 0 Å². The number of pyridine rings is 3. The van der Waals surface area contributed by atoms with Gasteiger partial charge in [0.2, 0.25) is 0 Å². The fraction of sp³-hybridized carbons (Fsp3) is 0. The van der Waals surface area contributed by atoms with Crippen molar-refractivity contribution >= 4 is 43.5 Å². The number of benzene rings is 3. The molecule has 3 nitrogen and oxygen atoms in total. The summed E-state index contributed by atoms with van der Waals surface area (Å²) in [6.45, 7) is 0. The quantitative estimate of drug-likeness (QED) is 0.331. The number of rotatable bonds is 1. The van der Waals surface area contributed by atoms with E-state index in [2.05, 4.69) is 59.6 Å². The molecule has 0 aliphatic carbocycles. The van der Waals surface area contributed by atoms with Gasteiger partial charge in [-0.05, 0) is 11.5 Å². The Bertz CT molecular complexity index is 1500. The van der Waals surface area contributed by atoms with Crippen LogP contribution in [-0.4, -0.2) is 15.0 Å². The van der Waals surface area contributed by atoms with Crippen molar-refractivity contribution in [2.75, 3.05) is 0 Å². The zero-order chi connectivity index (χ0) is 18.5. The van der Waals surface area contributed by atoms with E-state index in [1.807, 2.05) is 36.7 Å². The van der Waals surface area contributed by atoms with Crippen LogP contribution in [0.4, 0.5) is 0 Å². The molecule has 0 spiro atoms. The first kappa shape index (κ1) is 15.2. The van der Waals surface area contributed by atoms with E-state index in [-0.39, 0.29) is 0 Å². The van der Waals surface area contributed by atoms with Gasteiger partial charge in [-0.15, -0.1) is 0 Å². The molecule has 0 aliphatic rings. The molecule has 0 saturated carbocycles. The Kier molecular flexibility index (Phi) is 3.17. The van der Waals surface area contributed by atoms with Gasteiger partial charge in [0.1, 0.15) is 0 Å². The maximum atomic E-state index is 5.02. The number of hydrogen-bond acceptors (Lipinski definition) is 3. The lowest BCUT2D eigenvalue weighted by Gasteiger charge is -2.12. The van der Waals surface area contributed by atoms with Gasteiger partial charge in [0, 0.05) is 33.3 Å². The number of hydrogen-bond donors (Lipinski definition) is 0. The molecule has 0 bridgehead atoms. The Morgan fingerprint density at radius 2 is 1.39 bits per heavy atom. The summed E-state index contributed by atoms with van der Waals surface area (Å²) in [5.41, 5.74) is 4.85. The number of fused-ring (bicyclic) bond motifs is 7. The largest absolute Gasteiger partial charge is 0.254 e. The van der Waals surface area contributed by atoms with Crippen LogP contribution in [0, 0.1) is 0 Å². The van der Waals surface area contributed by atoms with Gasteiger partial charge in [-0.1, -0.05) is 72.8 Å². The maximum absolute atomic E-state index is 5.02. The highest BCUT2D eigenvalue weighted by molar-refractivity contribution is 6.23. The summed E-state index contributed by atoms with van der Waals surface area (Å²) in [6.07, 6.45) is 3.70. The normalized spacial score (nSPS) is 11.6. The molecule has 0 unspecified atom stereocenters. The summed E-state index contributed by atoms with van der Waals surface area (Å²) in [5, 5.41) is 5.66. The first-order valence-corrected chi connectivity index (χ1v) is 9.30. The van der Waals surface area contributed by atoms with Crippen LogP contribution >= 0.6 is 0 Å². The average molecular weight is 357 g/mol. The fourth-order valence-electron chi connectivity index (χ4n) is 4.06. The molecule has 130 valence electrons. The molecule has 0 atom stereocenters. The topological polar surface area (TPSA) is 38.7 Å². The van der Waals surface area contributed by atoms with Crippen molar-refractivity contribution < 1.29 is 0 Å². The van der Waals surface area contributed by atoms with Crippen molar-refractivity contribution in [1.29, 1.82) is 0 Å². The molecule has 0 N–H and O–H groups in total. The van der Waals surface area contributed by atoms with Gasteiger partial charge < -0.3 is 0 Å². The Morgan fingerprint density at radius 3 is 2.29 bits per heavy atom. The van der Waals surface area contributed by atoms with E-state index in [4.69, 9.17) is 9.97 Å². The number of nitrogens with zero attached hydrogens (tertiary/aromatic N) is 3. The van der Waals surface area contributed by atoms with E-state index in [0.717, 1.165) is 49.4 Å². The Labute approximate surface area is 161 Å². The molecule has 3 heterocycles. The van der Waals surface area contributed by atoms with Crippen LogP contribution in [0.25, 0.3) is 54.7 Å². The predicted molar refractivity (Wildman–Crippen MR) is 115 cm³/mol. The van der Waals surface area contributed by atoms with Gasteiger partial charge in [-0.3, -0.25) is 9.97 Å². The van der Waals surface area contributed by atoms with E-state index in [1.165, 1.54) is 5.39 Å². The summed E-state index contributed by atoms with van der Waals surface area (Å²) in [4.78, 5) is 14.4. The van der Waals surface area contributed by atoms with Gasteiger partial charge in [0.15, 0.2) is 0 Å². The molecule has 3 aromatic carbocycles. The monoisotopic (exact) mass is 357 g/mol. The molecular formula is C25H15N3. The minimum Gasteiger partial charge on any atom is -0.254 e. The minimum atomic E-state index is 0.903. The van der Waals surface area contributed by atoms with Crippen LogP contribution < -0.4 is 0 Å². The molecule has 3 heteroatoms. The highest BCUT2D eigenvalue weighted by Gasteiger charge is 2.14. The molecule has 0 amide bonds. The molecule has 6 rings (SSSR count). The third kappa shape index (κ3) is 2.13. The van der Waals surface area contributed by atoms with Gasteiger partial charge in [-0.25, -0.2) is 4.98 Å². The highest BCUT2D eigenvalue weighted by atomic mass is 14.8. The van der Waals surface area contributed by atoms with Crippen LogP contribution in [0.3, 0.4) is 0 Å². The third-order valence-corrected chi connectivity index (χ3v) is 5.32. The summed E-state index contributed by atoms with van der Waals surface area (Å²) in [5.74, 6) is 0. The minimum absolute atomic E-state index is 0.903. The zero-order valence-corrected chi connectivity index (χ0v) is 15.0. The Hall–Kier alpha value is -3.85. The third-order valence-electron chi connectivity index (χ3n) is 5.32. The molecule has 0 saturated heterocycles. The van der Waals surface area contributed by atoms with Crippen molar-refractivity contribution in [2.24, 2.45) is 0 Å². The molecule has 3 aromatic heterocycles. The van der Waals surface area contributed by atoms with Crippen LogP contribution in [0.15, 0.2) is 91.3 Å². The zero-order valence-electron chi connectivity index (χ0n) is 15.0. The Balaban J connectivity index is 1.83. The lowest BCUT2D eigenvalue weighted by atomic mass is 9.98. The first-order valence-electron chi connectivity index (χ1n) is 9.30. The highest BCUT2D eigenvalue weighted by Crippen LogP contribution is 2.36. The van der Waals surface area contributed by atoms with Crippen LogP contribution in [0.5, 0.6) is 0 Å². The van der Waals surface area contributed by atoms with Crippen molar-refractivity contribution in [3.8, 4) is 11.3 Å². The van der Waals surface area contributed by atoms with E-state index < -0.39 is 0 Å². The van der Waals surface area contributed by atoms with E-state index in [9.17, 15) is 0 Å². The van der Waals surface area contributed by atoms with E-state index in [0.29, 0.717) is 0 Å². The smallest absolute Gasteiger partial charge is 0.0972 e. The number of aromatic nitrogens is 3. The lowest BCUT2D eigenvalue weighted by Crippen LogP contribution is -1.93. The standard InChI is InChI=1S/C25H15N3/c1-2-7-16(8-3-1)23-19-11-5-4-10-18(19)22-20-13-12-17-9-6-14-26-24(17)25(20)27-15-21(22)28-23/h1-15H. The van der Waals surface area contributed by atoms with Crippen molar-refractivity contribution in [1.82, 2.24) is 15.0 Å². The summed E-state index contributed by atoms with van der Waals surface area (Å²) in [7, 11) is 0. The molecule has 0 aliphatic heterocycles. The molecule has 0 fully saturated rings. The second-order valence-corrected chi connectivity index (χ2v) is 6.93. The second-order valence-electron chi connectivity index (χ2n) is 6.93. The maximum Gasteiger partial charge on any atom is 0.0972 e. The van der Waals surface area contributed by atoms with Crippen LogP contribution in [0.2, 0.25) is 0 Å². The average Bonchev–Trinajstić information content (AvgIpc) is 2.78. The van der Waals surface area contributed by atoms with E-state index in [1.54, 1.807) is 0 Å². The first-order chi connectivity index (χ1) is 13.9. The van der Waals surface area contributed by atoms with Crippen LogP contribution in [0.1, 0.15) is 0 Å². The summed E-state index contributed by atoms with van der Waals surface area (Å²) in [6, 6.07) is 27.1. The molecule has 6 aromatic rings. The second kappa shape index (κ2) is 5.83. The van der Waals surface area contributed by atoms with Crippen molar-refractivity contribution in [3.63, 3.8) is 0 Å². The van der Waals surface area contributed by atoms with Gasteiger partial charge in [0.25, 0.3) is 0 Å². The fourth-order valence-corrected chi connectivity index (χ4v) is 4.06. The van der Waals surface area contributed by atoms with Gasteiger partial charge in [-0.2, -0.15) is 0 Å². The molecule has 28 heavy (non-hydrogen) atoms. The lowest BCUT2D eigenvalue weighted by molar-refractivity contribution is 1.36. The van der Waals surface area contributed by atoms with Crippen molar-refractivity contribution in [2.45, 2.75) is 0 Å².